The van der Waals surface area contributed by atoms with Crippen molar-refractivity contribution in [1.29, 1.82) is 0 Å². The Bertz CT molecular complexity index is 607. The average Bonchev–Trinajstić information content (AvgIpc) is 2.67. The molecule has 0 aromatic heterocycles. The van der Waals surface area contributed by atoms with Crippen LogP contribution in [0, 0.1) is 0 Å². The van der Waals surface area contributed by atoms with Crippen molar-refractivity contribution >= 4 is 52.5 Å². The Morgan fingerprint density at radius 1 is 1.26 bits per heavy atom. The van der Waals surface area contributed by atoms with Gasteiger partial charge in [-0.05, 0) is 19.1 Å². The van der Waals surface area contributed by atoms with Crippen molar-refractivity contribution in [3.8, 4) is 0 Å². The number of esters is 2. The largest absolute Gasteiger partial charge is 0.462 e. The second-order valence-electron chi connectivity index (χ2n) is 3.56. The van der Waals surface area contributed by atoms with Crippen LogP contribution >= 0.6 is 34.8 Å². The van der Waals surface area contributed by atoms with Gasteiger partial charge in [0.25, 0.3) is 0 Å². The van der Waals surface area contributed by atoms with Crippen molar-refractivity contribution in [3.05, 3.63) is 38.3 Å². The minimum atomic E-state index is -0.772. The number of ether oxygens (including phenoxy) is 2. The molecule has 1 aromatic carbocycles. The van der Waals surface area contributed by atoms with Gasteiger partial charge in [0.2, 0.25) is 0 Å². The summed E-state index contributed by atoms with van der Waals surface area (Å²) in [6, 6.07) is 2.78. The summed E-state index contributed by atoms with van der Waals surface area (Å²) in [5, 5.41) is 0.128. The fourth-order valence-corrected chi connectivity index (χ4v) is 2.08. The van der Waals surface area contributed by atoms with E-state index in [1.165, 1.54) is 12.1 Å². The van der Waals surface area contributed by atoms with Crippen molar-refractivity contribution < 1.29 is 19.1 Å². The third kappa shape index (κ3) is 2.56. The van der Waals surface area contributed by atoms with E-state index in [0.717, 1.165) is 0 Å². The van der Waals surface area contributed by atoms with Gasteiger partial charge in [0.15, 0.2) is 10.8 Å². The van der Waals surface area contributed by atoms with E-state index < -0.39 is 11.9 Å². The summed E-state index contributed by atoms with van der Waals surface area (Å²) in [5.74, 6) is -1.49. The molecular formula is C12H7Cl3O4. The van der Waals surface area contributed by atoms with E-state index >= 15 is 0 Å². The van der Waals surface area contributed by atoms with E-state index in [0.29, 0.717) is 5.56 Å². The molecule has 1 heterocycles. The summed E-state index contributed by atoms with van der Waals surface area (Å²) in [7, 11) is 0. The Balaban J connectivity index is 2.55. The van der Waals surface area contributed by atoms with Crippen molar-refractivity contribution in [1.82, 2.24) is 0 Å². The lowest BCUT2D eigenvalue weighted by atomic mass is 10.1. The number of halogens is 3. The van der Waals surface area contributed by atoms with Crippen LogP contribution in [0.5, 0.6) is 0 Å². The lowest BCUT2D eigenvalue weighted by Crippen LogP contribution is -2.06. The van der Waals surface area contributed by atoms with Gasteiger partial charge in [0, 0.05) is 5.56 Å². The topological polar surface area (TPSA) is 52.6 Å². The number of cyclic esters (lactones) is 1. The monoisotopic (exact) mass is 320 g/mol. The highest BCUT2D eigenvalue weighted by molar-refractivity contribution is 6.45. The summed E-state index contributed by atoms with van der Waals surface area (Å²) in [6.07, 6.45) is 0. The maximum atomic E-state index is 11.7. The first-order valence-corrected chi connectivity index (χ1v) is 6.37. The first-order chi connectivity index (χ1) is 8.95. The lowest BCUT2D eigenvalue weighted by Gasteiger charge is -2.04. The SMILES string of the molecule is CCOC(=O)/C(Cl)=C1\OC(=O)c2cc(Cl)c(Cl)cc21. The molecule has 1 aromatic rings. The number of hydrogen-bond acceptors (Lipinski definition) is 4. The second-order valence-corrected chi connectivity index (χ2v) is 4.76. The van der Waals surface area contributed by atoms with E-state index in [1.54, 1.807) is 6.92 Å². The van der Waals surface area contributed by atoms with Crippen LogP contribution in [0.3, 0.4) is 0 Å². The van der Waals surface area contributed by atoms with E-state index in [2.05, 4.69) is 0 Å². The highest BCUT2D eigenvalue weighted by Crippen LogP contribution is 2.38. The molecule has 0 radical (unpaired) electrons. The van der Waals surface area contributed by atoms with Gasteiger partial charge in [-0.1, -0.05) is 34.8 Å². The molecule has 0 fully saturated rings. The molecule has 0 amide bonds. The molecule has 7 heteroatoms. The molecule has 0 saturated carbocycles. The van der Waals surface area contributed by atoms with E-state index in [1.807, 2.05) is 0 Å². The molecule has 4 nitrogen and oxygen atoms in total. The smallest absolute Gasteiger partial charge is 0.353 e. The molecule has 0 atom stereocenters. The fourth-order valence-electron chi connectivity index (χ4n) is 1.56. The molecule has 1 aliphatic rings. The molecule has 0 unspecified atom stereocenters. The Labute approximate surface area is 123 Å². The molecule has 0 aliphatic carbocycles. The van der Waals surface area contributed by atoms with Crippen LogP contribution in [0.1, 0.15) is 22.8 Å². The van der Waals surface area contributed by atoms with Gasteiger partial charge >= 0.3 is 11.9 Å². The normalized spacial score (nSPS) is 15.9. The summed E-state index contributed by atoms with van der Waals surface area (Å²) < 4.78 is 9.70. The number of carbonyl (C=O) groups is 2. The van der Waals surface area contributed by atoms with Gasteiger partial charge in [-0.2, -0.15) is 0 Å². The van der Waals surface area contributed by atoms with Gasteiger partial charge in [0.1, 0.15) is 0 Å². The van der Waals surface area contributed by atoms with Crippen LogP contribution in [0.25, 0.3) is 5.76 Å². The van der Waals surface area contributed by atoms with Gasteiger partial charge in [-0.15, -0.1) is 0 Å². The molecule has 0 saturated heterocycles. The Hall–Kier alpha value is -1.23. The average molecular weight is 322 g/mol. The molecule has 0 N–H and O–H groups in total. The van der Waals surface area contributed by atoms with Crippen LogP contribution in [0.15, 0.2) is 17.2 Å². The van der Waals surface area contributed by atoms with E-state index in [4.69, 9.17) is 44.3 Å². The van der Waals surface area contributed by atoms with Crippen molar-refractivity contribution in [3.63, 3.8) is 0 Å². The van der Waals surface area contributed by atoms with Crippen LogP contribution in [-0.2, 0) is 14.3 Å². The van der Waals surface area contributed by atoms with Gasteiger partial charge in [-0.25, -0.2) is 9.59 Å². The molecular weight excluding hydrogens is 314 g/mol. The lowest BCUT2D eigenvalue weighted by molar-refractivity contribution is -0.137. The summed E-state index contributed by atoms with van der Waals surface area (Å²) in [5.41, 5.74) is 0.518. The molecule has 0 spiro atoms. The Morgan fingerprint density at radius 2 is 1.84 bits per heavy atom. The van der Waals surface area contributed by atoms with Crippen LogP contribution < -0.4 is 0 Å². The predicted octanol–water partition coefficient (Wildman–Crippen LogP) is 3.63. The van der Waals surface area contributed by atoms with Crippen molar-refractivity contribution in [2.75, 3.05) is 6.61 Å². The number of rotatable bonds is 2. The Morgan fingerprint density at radius 3 is 2.42 bits per heavy atom. The molecule has 100 valence electrons. The van der Waals surface area contributed by atoms with Gasteiger partial charge < -0.3 is 9.47 Å². The predicted molar refractivity (Wildman–Crippen MR) is 71.3 cm³/mol. The minimum absolute atomic E-state index is 0.0707. The quantitative estimate of drug-likeness (QED) is 0.616. The third-order valence-electron chi connectivity index (χ3n) is 2.37. The highest BCUT2D eigenvalue weighted by atomic mass is 35.5. The number of carbonyl (C=O) groups excluding carboxylic acids is 2. The maximum absolute atomic E-state index is 11.7. The second kappa shape index (κ2) is 5.41. The number of fused-ring (bicyclic) bond motifs is 1. The van der Waals surface area contributed by atoms with Crippen molar-refractivity contribution in [2.24, 2.45) is 0 Å². The van der Waals surface area contributed by atoms with E-state index in [9.17, 15) is 9.59 Å². The molecule has 2 rings (SSSR count). The molecule has 19 heavy (non-hydrogen) atoms. The zero-order chi connectivity index (χ0) is 14.2. The first-order valence-electron chi connectivity index (χ1n) is 5.24. The minimum Gasteiger partial charge on any atom is -0.462 e. The maximum Gasteiger partial charge on any atom is 0.353 e. The van der Waals surface area contributed by atoms with Crippen molar-refractivity contribution in [2.45, 2.75) is 6.92 Å². The van der Waals surface area contributed by atoms with Crippen LogP contribution in [-0.4, -0.2) is 18.5 Å². The van der Waals surface area contributed by atoms with Crippen LogP contribution in [0.2, 0.25) is 10.0 Å². The number of benzene rings is 1. The van der Waals surface area contributed by atoms with Crippen LogP contribution in [0.4, 0.5) is 0 Å². The first kappa shape index (κ1) is 14.2. The fraction of sp³-hybridized carbons (Fsp3) is 0.167. The summed E-state index contributed by atoms with van der Waals surface area (Å²) in [4.78, 5) is 23.2. The zero-order valence-electron chi connectivity index (χ0n) is 9.63. The standard InChI is InChI=1S/C12H7Cl3O4/c1-2-18-12(17)9(15)10-5-3-7(13)8(14)4-6(5)11(16)19-10/h3-4H,2H2,1H3/b10-9+. The molecule has 1 aliphatic heterocycles. The van der Waals surface area contributed by atoms with Gasteiger partial charge in [-0.3, -0.25) is 0 Å². The zero-order valence-corrected chi connectivity index (χ0v) is 11.9. The Kier molecular flexibility index (Phi) is 4.04. The highest BCUT2D eigenvalue weighted by Gasteiger charge is 2.32. The summed E-state index contributed by atoms with van der Waals surface area (Å²) >= 11 is 17.5. The third-order valence-corrected chi connectivity index (χ3v) is 3.42. The molecule has 0 bridgehead atoms. The summed E-state index contributed by atoms with van der Waals surface area (Å²) in [6.45, 7) is 1.79. The van der Waals surface area contributed by atoms with Gasteiger partial charge in [0.05, 0.1) is 22.2 Å². The number of hydrogen-bond donors (Lipinski definition) is 0. The van der Waals surface area contributed by atoms with E-state index in [-0.39, 0.29) is 33.0 Å².